The van der Waals surface area contributed by atoms with Crippen LogP contribution >= 0.6 is 11.8 Å². The molecule has 0 atom stereocenters. The SMILES string of the molecule is O=C(C1CN(c2ncccn2)C1)N1CCSCC1. The molecule has 0 radical (unpaired) electrons. The molecule has 2 aliphatic heterocycles. The third-order valence-corrected chi connectivity index (χ3v) is 4.33. The Hall–Kier alpha value is -1.30. The number of anilines is 1. The molecule has 1 aromatic rings. The number of hydrogen-bond donors (Lipinski definition) is 0. The molecule has 0 saturated carbocycles. The van der Waals surface area contributed by atoms with Gasteiger partial charge >= 0.3 is 0 Å². The number of nitrogens with zero attached hydrogens (tertiary/aromatic N) is 4. The maximum absolute atomic E-state index is 12.2. The molecular weight excluding hydrogens is 248 g/mol. The third-order valence-electron chi connectivity index (χ3n) is 3.39. The van der Waals surface area contributed by atoms with Crippen LogP contribution in [0.15, 0.2) is 18.5 Å². The van der Waals surface area contributed by atoms with Crippen LogP contribution < -0.4 is 4.90 Å². The Kier molecular flexibility index (Phi) is 3.36. The first-order valence-corrected chi connectivity index (χ1v) is 7.38. The van der Waals surface area contributed by atoms with E-state index in [9.17, 15) is 4.79 Å². The fourth-order valence-electron chi connectivity index (χ4n) is 2.29. The largest absolute Gasteiger partial charge is 0.341 e. The zero-order valence-electron chi connectivity index (χ0n) is 10.2. The van der Waals surface area contributed by atoms with E-state index in [-0.39, 0.29) is 5.92 Å². The molecule has 96 valence electrons. The number of carbonyl (C=O) groups excluding carboxylic acids is 1. The predicted molar refractivity (Wildman–Crippen MR) is 71.6 cm³/mol. The molecule has 0 N–H and O–H groups in total. The minimum Gasteiger partial charge on any atom is -0.341 e. The Bertz CT molecular complexity index is 415. The fraction of sp³-hybridized carbons (Fsp3) is 0.583. The molecule has 3 rings (SSSR count). The molecule has 0 aliphatic carbocycles. The van der Waals surface area contributed by atoms with E-state index in [4.69, 9.17) is 0 Å². The number of hydrogen-bond acceptors (Lipinski definition) is 5. The molecule has 5 nitrogen and oxygen atoms in total. The van der Waals surface area contributed by atoms with Gasteiger partial charge in [-0.15, -0.1) is 0 Å². The molecule has 1 amide bonds. The minimum atomic E-state index is 0.136. The van der Waals surface area contributed by atoms with Gasteiger partial charge in [0.2, 0.25) is 11.9 Å². The van der Waals surface area contributed by atoms with Gasteiger partial charge < -0.3 is 9.80 Å². The first kappa shape index (κ1) is 11.8. The van der Waals surface area contributed by atoms with Crippen LogP contribution in [-0.2, 0) is 4.79 Å². The van der Waals surface area contributed by atoms with E-state index in [2.05, 4.69) is 14.9 Å². The summed E-state index contributed by atoms with van der Waals surface area (Å²) in [6, 6.07) is 1.80. The number of carbonyl (C=O) groups is 1. The summed E-state index contributed by atoms with van der Waals surface area (Å²) < 4.78 is 0. The van der Waals surface area contributed by atoms with Crippen LogP contribution in [0.4, 0.5) is 5.95 Å². The highest BCUT2D eigenvalue weighted by Crippen LogP contribution is 2.23. The predicted octanol–water partition coefficient (Wildman–Crippen LogP) is 0.488. The smallest absolute Gasteiger partial charge is 0.229 e. The average molecular weight is 264 g/mol. The van der Waals surface area contributed by atoms with Gasteiger partial charge in [0.05, 0.1) is 5.92 Å². The molecule has 6 heteroatoms. The number of amides is 1. The number of aromatic nitrogens is 2. The Balaban J connectivity index is 1.54. The van der Waals surface area contributed by atoms with Crippen LogP contribution in [0.25, 0.3) is 0 Å². The van der Waals surface area contributed by atoms with Gasteiger partial charge in [-0.05, 0) is 6.07 Å². The summed E-state index contributed by atoms with van der Waals surface area (Å²) >= 11 is 1.93. The summed E-state index contributed by atoms with van der Waals surface area (Å²) in [4.78, 5) is 24.7. The monoisotopic (exact) mass is 264 g/mol. The Morgan fingerprint density at radius 1 is 1.22 bits per heavy atom. The molecular formula is C12H16N4OS. The lowest BCUT2D eigenvalue weighted by molar-refractivity contribution is -0.135. The lowest BCUT2D eigenvalue weighted by Gasteiger charge is -2.41. The summed E-state index contributed by atoms with van der Waals surface area (Å²) in [5, 5.41) is 0. The lowest BCUT2D eigenvalue weighted by Crippen LogP contribution is -2.56. The van der Waals surface area contributed by atoms with Crippen molar-refractivity contribution in [3.63, 3.8) is 0 Å². The van der Waals surface area contributed by atoms with E-state index in [1.54, 1.807) is 18.5 Å². The maximum Gasteiger partial charge on any atom is 0.229 e. The van der Waals surface area contributed by atoms with Crippen LogP contribution in [0.2, 0.25) is 0 Å². The van der Waals surface area contributed by atoms with Crippen molar-refractivity contribution in [3.05, 3.63) is 18.5 Å². The highest BCUT2D eigenvalue weighted by Gasteiger charge is 2.36. The van der Waals surface area contributed by atoms with Crippen molar-refractivity contribution in [2.24, 2.45) is 5.92 Å². The standard InChI is InChI=1S/C12H16N4OS/c17-11(15-4-6-18-7-5-15)10-8-16(9-10)12-13-2-1-3-14-12/h1-3,10H,4-9H2. The molecule has 1 aromatic heterocycles. The molecule has 3 heterocycles. The van der Waals surface area contributed by atoms with Crippen LogP contribution in [0.3, 0.4) is 0 Å². The van der Waals surface area contributed by atoms with Crippen LogP contribution in [0, 0.1) is 5.92 Å². The van der Waals surface area contributed by atoms with E-state index >= 15 is 0 Å². The van der Waals surface area contributed by atoms with Crippen molar-refractivity contribution in [2.75, 3.05) is 42.6 Å². The van der Waals surface area contributed by atoms with Gasteiger partial charge in [0.1, 0.15) is 0 Å². The lowest BCUT2D eigenvalue weighted by atomic mass is 9.99. The summed E-state index contributed by atoms with van der Waals surface area (Å²) in [7, 11) is 0. The normalized spacial score (nSPS) is 20.7. The van der Waals surface area contributed by atoms with E-state index in [1.807, 2.05) is 16.7 Å². The molecule has 0 spiro atoms. The van der Waals surface area contributed by atoms with E-state index in [0.29, 0.717) is 5.91 Å². The van der Waals surface area contributed by atoms with Crippen molar-refractivity contribution in [1.29, 1.82) is 0 Å². The van der Waals surface area contributed by atoms with Crippen molar-refractivity contribution in [2.45, 2.75) is 0 Å². The van der Waals surface area contributed by atoms with Crippen LogP contribution in [0.5, 0.6) is 0 Å². The second kappa shape index (κ2) is 5.14. The molecule has 0 unspecified atom stereocenters. The quantitative estimate of drug-likeness (QED) is 0.778. The molecule has 0 aromatic carbocycles. The zero-order chi connectivity index (χ0) is 12.4. The third kappa shape index (κ3) is 2.29. The summed E-state index contributed by atoms with van der Waals surface area (Å²) in [6.07, 6.45) is 3.47. The maximum atomic E-state index is 12.2. The van der Waals surface area contributed by atoms with Crippen molar-refractivity contribution < 1.29 is 4.79 Å². The summed E-state index contributed by atoms with van der Waals surface area (Å²) in [6.45, 7) is 3.32. The van der Waals surface area contributed by atoms with Crippen molar-refractivity contribution in [1.82, 2.24) is 14.9 Å². The van der Waals surface area contributed by atoms with E-state index < -0.39 is 0 Å². The molecule has 2 saturated heterocycles. The zero-order valence-corrected chi connectivity index (χ0v) is 11.0. The minimum absolute atomic E-state index is 0.136. The number of thioether (sulfide) groups is 1. The molecule has 2 fully saturated rings. The van der Waals surface area contributed by atoms with Crippen LogP contribution in [-0.4, -0.2) is 58.5 Å². The van der Waals surface area contributed by atoms with Gasteiger partial charge in [0.25, 0.3) is 0 Å². The Labute approximate surface area is 111 Å². The van der Waals surface area contributed by atoms with Gasteiger partial charge in [-0.2, -0.15) is 11.8 Å². The average Bonchev–Trinajstić information content (AvgIpc) is 2.39. The number of rotatable bonds is 2. The van der Waals surface area contributed by atoms with Gasteiger partial charge in [-0.3, -0.25) is 4.79 Å². The Morgan fingerprint density at radius 3 is 2.56 bits per heavy atom. The van der Waals surface area contributed by atoms with Gasteiger partial charge in [0.15, 0.2) is 0 Å². The summed E-state index contributed by atoms with van der Waals surface area (Å²) in [5.74, 6) is 3.32. The van der Waals surface area contributed by atoms with Gasteiger partial charge in [-0.25, -0.2) is 9.97 Å². The molecule has 18 heavy (non-hydrogen) atoms. The second-order valence-electron chi connectivity index (χ2n) is 4.59. The van der Waals surface area contributed by atoms with Gasteiger partial charge in [-0.1, -0.05) is 0 Å². The second-order valence-corrected chi connectivity index (χ2v) is 5.81. The van der Waals surface area contributed by atoms with Crippen molar-refractivity contribution >= 4 is 23.6 Å². The fourth-order valence-corrected chi connectivity index (χ4v) is 3.20. The highest BCUT2D eigenvalue weighted by molar-refractivity contribution is 7.99. The first-order chi connectivity index (χ1) is 8.84. The van der Waals surface area contributed by atoms with E-state index in [0.717, 1.165) is 43.6 Å². The highest BCUT2D eigenvalue weighted by atomic mass is 32.2. The molecule has 0 bridgehead atoms. The van der Waals surface area contributed by atoms with Crippen LogP contribution in [0.1, 0.15) is 0 Å². The Morgan fingerprint density at radius 2 is 1.89 bits per heavy atom. The summed E-state index contributed by atoms with van der Waals surface area (Å²) in [5.41, 5.74) is 0. The first-order valence-electron chi connectivity index (χ1n) is 6.23. The molecule has 2 aliphatic rings. The van der Waals surface area contributed by atoms with E-state index in [1.165, 1.54) is 0 Å². The van der Waals surface area contributed by atoms with Crippen molar-refractivity contribution in [3.8, 4) is 0 Å². The topological polar surface area (TPSA) is 49.3 Å². The van der Waals surface area contributed by atoms with Gasteiger partial charge in [0, 0.05) is 50.1 Å².